The second kappa shape index (κ2) is 19.4. The molecule has 2 aliphatic rings. The molecule has 0 bridgehead atoms. The van der Waals surface area contributed by atoms with Crippen LogP contribution < -0.4 is 20.9 Å². The SMILES string of the molecule is CC(C)(C)OC(=O)NC1CCN(c2ccc(F)cn2)CC1.ClCCl.NC1CCN(c2ccc(F)cn2)CC1.O=CC(F)(F)F. The molecule has 248 valence electrons. The van der Waals surface area contributed by atoms with Crippen molar-refractivity contribution in [2.45, 2.75) is 70.3 Å². The number of rotatable bonds is 3. The predicted octanol–water partition coefficient (Wildman–Crippen LogP) is 6.03. The van der Waals surface area contributed by atoms with Gasteiger partial charge in [0, 0.05) is 38.3 Å². The van der Waals surface area contributed by atoms with E-state index in [1.807, 2.05) is 20.8 Å². The maximum Gasteiger partial charge on any atom is 0.446 e. The van der Waals surface area contributed by atoms with Crippen LogP contribution in [0.5, 0.6) is 0 Å². The van der Waals surface area contributed by atoms with E-state index in [0.717, 1.165) is 63.5 Å². The van der Waals surface area contributed by atoms with Gasteiger partial charge in [-0.2, -0.15) is 13.2 Å². The number of nitrogens with two attached hydrogens (primary N) is 1. The van der Waals surface area contributed by atoms with Gasteiger partial charge in [0.15, 0.2) is 0 Å². The first kappa shape index (κ1) is 39.1. The Morgan fingerprint density at radius 3 is 1.64 bits per heavy atom. The first-order chi connectivity index (χ1) is 20.6. The minimum atomic E-state index is -4.64. The maximum absolute atomic E-state index is 12.9. The van der Waals surface area contributed by atoms with Gasteiger partial charge >= 0.3 is 12.3 Å². The summed E-state index contributed by atoms with van der Waals surface area (Å²) in [6, 6.07) is 6.66. The number of aromatic nitrogens is 2. The van der Waals surface area contributed by atoms with Gasteiger partial charge in [0.05, 0.1) is 17.7 Å². The molecule has 2 aromatic heterocycles. The number of hydrogen-bond acceptors (Lipinski definition) is 8. The lowest BCUT2D eigenvalue weighted by molar-refractivity contribution is -0.156. The van der Waals surface area contributed by atoms with Crippen molar-refractivity contribution in [2.24, 2.45) is 5.73 Å². The molecule has 2 aliphatic heterocycles. The van der Waals surface area contributed by atoms with Gasteiger partial charge in [-0.3, -0.25) is 4.79 Å². The number of carbonyl (C=O) groups is 2. The van der Waals surface area contributed by atoms with Crippen LogP contribution >= 0.6 is 23.2 Å². The molecule has 4 rings (SSSR count). The molecule has 9 nitrogen and oxygen atoms in total. The number of amides is 1. The van der Waals surface area contributed by atoms with Crippen molar-refractivity contribution < 1.29 is 36.3 Å². The third-order valence-electron chi connectivity index (χ3n) is 5.96. The molecular weight excluding hydrogens is 634 g/mol. The van der Waals surface area contributed by atoms with Gasteiger partial charge < -0.3 is 25.6 Å². The highest BCUT2D eigenvalue weighted by Crippen LogP contribution is 2.19. The molecule has 1 amide bonds. The molecule has 0 atom stereocenters. The first-order valence-electron chi connectivity index (χ1n) is 13.7. The van der Waals surface area contributed by atoms with Crippen molar-refractivity contribution in [1.82, 2.24) is 15.3 Å². The fourth-order valence-corrected chi connectivity index (χ4v) is 3.97. The third kappa shape index (κ3) is 17.4. The molecule has 0 unspecified atom stereocenters. The smallest absolute Gasteiger partial charge is 0.444 e. The Hall–Kier alpha value is -2.97. The topological polar surface area (TPSA) is 114 Å². The fourth-order valence-electron chi connectivity index (χ4n) is 3.97. The number of nitrogens with zero attached hydrogens (tertiary/aromatic N) is 4. The Bertz CT molecular complexity index is 1090. The summed E-state index contributed by atoms with van der Waals surface area (Å²) in [4.78, 5) is 32.8. The highest BCUT2D eigenvalue weighted by Gasteiger charge is 2.25. The lowest BCUT2D eigenvalue weighted by atomic mass is 10.1. The number of alkyl carbamates (subject to hydrolysis) is 1. The summed E-state index contributed by atoms with van der Waals surface area (Å²) in [5.74, 6) is 0.994. The Morgan fingerprint density at radius 1 is 0.932 bits per heavy atom. The Morgan fingerprint density at radius 2 is 1.32 bits per heavy atom. The molecule has 2 saturated heterocycles. The summed E-state index contributed by atoms with van der Waals surface area (Å²) in [5, 5.41) is 3.08. The van der Waals surface area contributed by atoms with Crippen molar-refractivity contribution >= 4 is 47.2 Å². The maximum atomic E-state index is 12.9. The summed E-state index contributed by atoms with van der Waals surface area (Å²) in [5.41, 5.74) is 5.31. The molecular formula is C28H39Cl2F5N6O3. The molecule has 2 fully saturated rings. The van der Waals surface area contributed by atoms with Gasteiger partial charge in [0.2, 0.25) is 6.29 Å². The number of alkyl halides is 5. The first-order valence-corrected chi connectivity index (χ1v) is 14.8. The van der Waals surface area contributed by atoms with Crippen LogP contribution in [0.3, 0.4) is 0 Å². The van der Waals surface area contributed by atoms with Gasteiger partial charge in [0.1, 0.15) is 28.9 Å². The van der Waals surface area contributed by atoms with Crippen molar-refractivity contribution in [3.8, 4) is 0 Å². The summed E-state index contributed by atoms with van der Waals surface area (Å²) in [6.07, 6.45) is 0.00669. The Kier molecular flexibility index (Phi) is 17.2. The van der Waals surface area contributed by atoms with Crippen LogP contribution in [0.15, 0.2) is 36.7 Å². The lowest BCUT2D eigenvalue weighted by Gasteiger charge is -2.33. The van der Waals surface area contributed by atoms with E-state index < -0.39 is 18.1 Å². The monoisotopic (exact) mass is 672 g/mol. The van der Waals surface area contributed by atoms with Crippen LogP contribution in [0.25, 0.3) is 0 Å². The van der Waals surface area contributed by atoms with Gasteiger partial charge in [-0.05, 0) is 70.7 Å². The Balaban J connectivity index is 0.000000360. The van der Waals surface area contributed by atoms with Crippen LogP contribution in [-0.4, -0.2) is 77.7 Å². The molecule has 0 aromatic carbocycles. The summed E-state index contributed by atoms with van der Waals surface area (Å²) in [6.45, 7) is 8.91. The second-order valence-corrected chi connectivity index (χ2v) is 11.5. The van der Waals surface area contributed by atoms with Gasteiger partial charge in [0.25, 0.3) is 0 Å². The van der Waals surface area contributed by atoms with E-state index in [1.54, 1.807) is 12.1 Å². The normalized spacial score (nSPS) is 15.8. The number of ether oxygens (including phenoxy) is 1. The number of hydrogen-bond donors (Lipinski definition) is 2. The molecule has 3 N–H and O–H groups in total. The highest BCUT2D eigenvalue weighted by molar-refractivity contribution is 6.40. The molecule has 2 aromatic rings. The molecule has 0 aliphatic carbocycles. The van der Waals surface area contributed by atoms with E-state index in [4.69, 9.17) is 38.5 Å². The average molecular weight is 674 g/mol. The van der Waals surface area contributed by atoms with E-state index >= 15 is 0 Å². The van der Waals surface area contributed by atoms with Gasteiger partial charge in [-0.25, -0.2) is 23.5 Å². The minimum absolute atomic E-state index is 0.108. The van der Waals surface area contributed by atoms with Crippen molar-refractivity contribution in [3.05, 3.63) is 48.3 Å². The Labute approximate surface area is 264 Å². The number of halogens is 7. The second-order valence-electron chi connectivity index (χ2n) is 10.7. The van der Waals surface area contributed by atoms with E-state index in [0.29, 0.717) is 6.04 Å². The number of anilines is 2. The number of aldehydes is 1. The molecule has 0 saturated carbocycles. The van der Waals surface area contributed by atoms with Crippen LogP contribution in [0, 0.1) is 11.6 Å². The summed E-state index contributed by atoms with van der Waals surface area (Å²) >= 11 is 9.53. The predicted molar refractivity (Wildman–Crippen MR) is 161 cm³/mol. The van der Waals surface area contributed by atoms with E-state index in [9.17, 15) is 26.7 Å². The van der Waals surface area contributed by atoms with Crippen LogP contribution in [0.4, 0.5) is 38.4 Å². The van der Waals surface area contributed by atoms with Crippen LogP contribution in [-0.2, 0) is 9.53 Å². The zero-order valence-electron chi connectivity index (χ0n) is 24.8. The average Bonchev–Trinajstić information content (AvgIpc) is 2.95. The number of carbonyl (C=O) groups excluding carboxylic acids is 2. The third-order valence-corrected chi connectivity index (χ3v) is 5.96. The molecule has 0 radical (unpaired) electrons. The van der Waals surface area contributed by atoms with Crippen molar-refractivity contribution in [2.75, 3.05) is 41.3 Å². The highest BCUT2D eigenvalue weighted by atomic mass is 35.5. The van der Waals surface area contributed by atoms with Gasteiger partial charge in [-0.15, -0.1) is 23.2 Å². The fraction of sp³-hybridized carbons (Fsp3) is 0.571. The van der Waals surface area contributed by atoms with Crippen LogP contribution in [0.2, 0.25) is 0 Å². The quantitative estimate of drug-likeness (QED) is 0.231. The van der Waals surface area contributed by atoms with E-state index in [-0.39, 0.29) is 29.1 Å². The number of pyridine rings is 2. The number of piperidine rings is 2. The largest absolute Gasteiger partial charge is 0.446 e. The van der Waals surface area contributed by atoms with Crippen molar-refractivity contribution in [3.63, 3.8) is 0 Å². The lowest BCUT2D eigenvalue weighted by Crippen LogP contribution is -2.46. The minimum Gasteiger partial charge on any atom is -0.444 e. The van der Waals surface area contributed by atoms with E-state index in [2.05, 4.69) is 25.1 Å². The molecule has 0 spiro atoms. The molecule has 44 heavy (non-hydrogen) atoms. The van der Waals surface area contributed by atoms with Crippen LogP contribution in [0.1, 0.15) is 46.5 Å². The molecule has 16 heteroatoms. The zero-order valence-corrected chi connectivity index (χ0v) is 26.3. The zero-order chi connectivity index (χ0) is 33.3. The molecule has 4 heterocycles. The van der Waals surface area contributed by atoms with Crippen molar-refractivity contribution in [1.29, 1.82) is 0 Å². The summed E-state index contributed by atoms with van der Waals surface area (Å²) in [7, 11) is 0. The standard InChI is InChI=1S/C15H22FN3O2.C10H14FN3.C2HF3O.CH2Cl2/c1-15(2,3)21-14(20)18-12-6-8-19(9-7-12)13-5-4-11(16)10-17-13;11-8-1-2-10(13-7-8)14-5-3-9(12)4-6-14;3-2(4,5)1-6;2-1-3/h4-5,10,12H,6-9H2,1-3H3,(H,18,20);1-2,7,9H,3-6,12H2;1H;1H2. The summed E-state index contributed by atoms with van der Waals surface area (Å²) < 4.78 is 62.0. The van der Waals surface area contributed by atoms with E-state index in [1.165, 1.54) is 24.5 Å². The van der Waals surface area contributed by atoms with Gasteiger partial charge in [-0.1, -0.05) is 0 Å². The number of nitrogens with one attached hydrogen (secondary N) is 1.